The number of Topliss-reactive ketones (excluding diaryl/α,β-unsaturated/α-hetero) is 1. The first kappa shape index (κ1) is 33.4. The van der Waals surface area contributed by atoms with Gasteiger partial charge in [0, 0.05) is 31.9 Å². The third-order valence-electron chi connectivity index (χ3n) is 6.62. The number of likely N-dealkylation sites (N-methyl/N-ethyl adjacent to an activating group) is 1. The van der Waals surface area contributed by atoms with Gasteiger partial charge in [-0.1, -0.05) is 39.8 Å². The van der Waals surface area contributed by atoms with E-state index in [0.29, 0.717) is 31.7 Å². The Morgan fingerprint density at radius 2 is 1.80 bits per heavy atom. The Morgan fingerprint density at radius 1 is 1.20 bits per heavy atom. The second-order valence-corrected chi connectivity index (χ2v) is 9.67. The zero-order valence-electron chi connectivity index (χ0n) is 23.5. The lowest BCUT2D eigenvalue weighted by molar-refractivity contribution is -0.186. The smallest absolute Gasteiger partial charge is 0.316 e. The average Bonchev–Trinajstić information content (AvgIpc) is 2.83. The zero-order valence-corrected chi connectivity index (χ0v) is 23.5. The number of cyclic esters (lactones) is 1. The number of aliphatic hydroxyl groups is 2. The van der Waals surface area contributed by atoms with Gasteiger partial charge in [0.1, 0.15) is 30.0 Å². The first-order valence-corrected chi connectivity index (χ1v) is 12.9. The van der Waals surface area contributed by atoms with Gasteiger partial charge in [-0.15, -0.1) is 0 Å². The Hall–Kier alpha value is -1.55. The van der Waals surface area contributed by atoms with Crippen LogP contribution in [0.1, 0.15) is 74.1 Å². The number of aliphatic hydroxyl groups excluding tert-OH is 1. The molecule has 1 rings (SSSR count). The van der Waals surface area contributed by atoms with Crippen LogP contribution >= 0.6 is 0 Å². The maximum atomic E-state index is 12.6. The summed E-state index contributed by atoms with van der Waals surface area (Å²) in [5, 5.41) is 26.8. The van der Waals surface area contributed by atoms with E-state index in [1.807, 2.05) is 39.8 Å². The molecule has 1 aliphatic heterocycles. The Labute approximate surface area is 212 Å². The van der Waals surface area contributed by atoms with Crippen LogP contribution < -0.4 is 0 Å². The summed E-state index contributed by atoms with van der Waals surface area (Å²) < 4.78 is 11.1. The highest BCUT2D eigenvalue weighted by molar-refractivity contribution is 5.98. The van der Waals surface area contributed by atoms with Gasteiger partial charge >= 0.3 is 5.97 Å². The lowest BCUT2D eigenvalue weighted by atomic mass is 9.78. The second kappa shape index (κ2) is 16.2. The molecule has 206 valence electrons. The van der Waals surface area contributed by atoms with Crippen LogP contribution in [0.3, 0.4) is 0 Å². The molecule has 1 aliphatic rings. The number of rotatable bonds is 6. The minimum atomic E-state index is -1.76. The maximum Gasteiger partial charge on any atom is 0.316 e. The molecule has 0 radical (unpaired) electrons. The molecule has 4 unspecified atom stereocenters. The van der Waals surface area contributed by atoms with E-state index >= 15 is 0 Å². The third kappa shape index (κ3) is 10.1. The number of carbonyl (C=O) groups is 2. The van der Waals surface area contributed by atoms with E-state index < -0.39 is 35.6 Å². The minimum absolute atomic E-state index is 0.146. The van der Waals surface area contributed by atoms with E-state index in [4.69, 9.17) is 14.3 Å². The zero-order chi connectivity index (χ0) is 27.3. The molecule has 1 saturated heterocycles. The fourth-order valence-electron chi connectivity index (χ4n) is 4.18. The van der Waals surface area contributed by atoms with E-state index in [2.05, 4.69) is 5.16 Å². The average molecular weight is 503 g/mol. The van der Waals surface area contributed by atoms with E-state index in [9.17, 15) is 19.8 Å². The summed E-state index contributed by atoms with van der Waals surface area (Å²) in [5.41, 5.74) is -1.18. The van der Waals surface area contributed by atoms with Crippen LogP contribution in [0.15, 0.2) is 5.16 Å². The first-order valence-electron chi connectivity index (χ1n) is 12.9. The normalized spacial score (nSPS) is 34.6. The molecule has 1 heterocycles. The van der Waals surface area contributed by atoms with Crippen LogP contribution in [0.5, 0.6) is 0 Å². The van der Waals surface area contributed by atoms with E-state index in [1.54, 1.807) is 21.0 Å². The molecular weight excluding hydrogens is 452 g/mol. The summed E-state index contributed by atoms with van der Waals surface area (Å²) in [6.07, 6.45) is -1.06. The molecule has 0 amide bonds. The summed E-state index contributed by atoms with van der Waals surface area (Å²) in [5.74, 6) is -2.62. The van der Waals surface area contributed by atoms with Gasteiger partial charge in [0.15, 0.2) is 0 Å². The van der Waals surface area contributed by atoms with E-state index in [-0.39, 0.29) is 30.6 Å². The molecule has 7 atom stereocenters. The summed E-state index contributed by atoms with van der Waals surface area (Å²) in [7, 11) is 5.45. The number of ether oxygens (including phenoxy) is 2. The predicted molar refractivity (Wildman–Crippen MR) is 137 cm³/mol. The first-order chi connectivity index (χ1) is 16.4. The molecule has 35 heavy (non-hydrogen) atoms. The lowest BCUT2D eigenvalue weighted by Crippen LogP contribution is -2.56. The molecule has 0 saturated carbocycles. The number of methoxy groups -OCH3 is 1. The van der Waals surface area contributed by atoms with Crippen LogP contribution in [-0.4, -0.2) is 90.8 Å². The van der Waals surface area contributed by atoms with Crippen LogP contribution in [0.2, 0.25) is 0 Å². The molecule has 0 bridgehead atoms. The molecular formula is C26H50N2O7. The Kier molecular flexibility index (Phi) is 15.5. The van der Waals surface area contributed by atoms with Crippen molar-refractivity contribution in [1.29, 1.82) is 0 Å². The Morgan fingerprint density at radius 3 is 2.31 bits per heavy atom. The van der Waals surface area contributed by atoms with Crippen molar-refractivity contribution in [3.05, 3.63) is 0 Å². The highest BCUT2D eigenvalue weighted by Gasteiger charge is 2.46. The van der Waals surface area contributed by atoms with Crippen LogP contribution in [0, 0.1) is 17.8 Å². The molecule has 0 aromatic carbocycles. The quantitative estimate of drug-likeness (QED) is 0.246. The number of hydrogen-bond acceptors (Lipinski definition) is 9. The van der Waals surface area contributed by atoms with Crippen molar-refractivity contribution >= 4 is 17.5 Å². The van der Waals surface area contributed by atoms with Crippen LogP contribution in [0.25, 0.3) is 0 Å². The number of carbonyl (C=O) groups excluding carboxylic acids is 2. The fourth-order valence-corrected chi connectivity index (χ4v) is 4.18. The van der Waals surface area contributed by atoms with Crippen molar-refractivity contribution in [3.63, 3.8) is 0 Å². The molecule has 2 N–H and O–H groups in total. The summed E-state index contributed by atoms with van der Waals surface area (Å²) in [4.78, 5) is 32.7. The Bertz CT molecular complexity index is 666. The molecule has 1 fully saturated rings. The van der Waals surface area contributed by atoms with Gasteiger partial charge < -0.3 is 29.4 Å². The van der Waals surface area contributed by atoms with Crippen molar-refractivity contribution in [2.45, 2.75) is 98.1 Å². The van der Waals surface area contributed by atoms with Crippen molar-refractivity contribution in [2.24, 2.45) is 22.9 Å². The van der Waals surface area contributed by atoms with E-state index in [1.165, 1.54) is 13.8 Å². The summed E-state index contributed by atoms with van der Waals surface area (Å²) in [6, 6.07) is 0. The molecule has 0 aromatic heterocycles. The summed E-state index contributed by atoms with van der Waals surface area (Å²) >= 11 is 0. The second-order valence-electron chi connectivity index (χ2n) is 9.67. The number of nitrogens with zero attached hydrogens (tertiary/aromatic N) is 2. The van der Waals surface area contributed by atoms with Gasteiger partial charge in [-0.05, 0) is 47.2 Å². The van der Waals surface area contributed by atoms with Crippen LogP contribution in [0.4, 0.5) is 0 Å². The van der Waals surface area contributed by atoms with Gasteiger partial charge in [0.25, 0.3) is 0 Å². The molecule has 0 spiro atoms. The highest BCUT2D eigenvalue weighted by Crippen LogP contribution is 2.31. The topological polar surface area (TPSA) is 118 Å². The van der Waals surface area contributed by atoms with Crippen molar-refractivity contribution in [3.8, 4) is 0 Å². The number of hydrogen-bond donors (Lipinski definition) is 2. The van der Waals surface area contributed by atoms with Gasteiger partial charge in [0.05, 0.1) is 17.9 Å². The van der Waals surface area contributed by atoms with Crippen LogP contribution in [-0.2, 0) is 23.9 Å². The maximum absolute atomic E-state index is 12.6. The van der Waals surface area contributed by atoms with Gasteiger partial charge in [-0.3, -0.25) is 9.59 Å². The standard InChI is InChI=1S/C24H44N2O7.C2H6/c1-9-20-24(5,30)22(28)17(4)21(25-32-13-12-26(6)7)15(2)14-18(31-8)10-11-19(27)16(3)23(29)33-20;1-2/h15-18,20,22,28,30H,9-14H2,1-8H3;1-2H3/b25-21+;/t15-,16?,17?,18?,20-,22?,24-;/m1./s1. The summed E-state index contributed by atoms with van der Waals surface area (Å²) in [6.45, 7) is 13.5. The van der Waals surface area contributed by atoms with E-state index in [0.717, 1.165) is 0 Å². The largest absolute Gasteiger partial charge is 0.459 e. The van der Waals surface area contributed by atoms with Gasteiger partial charge in [0.2, 0.25) is 0 Å². The molecule has 9 nitrogen and oxygen atoms in total. The van der Waals surface area contributed by atoms with Gasteiger partial charge in [-0.25, -0.2) is 0 Å². The Balaban J connectivity index is 0.00000562. The lowest BCUT2D eigenvalue weighted by Gasteiger charge is -2.40. The predicted octanol–water partition coefficient (Wildman–Crippen LogP) is 3.06. The van der Waals surface area contributed by atoms with Crippen molar-refractivity contribution in [2.75, 3.05) is 34.4 Å². The number of ketones is 1. The van der Waals surface area contributed by atoms with Crippen molar-refractivity contribution < 1.29 is 34.1 Å². The molecule has 0 aromatic rings. The van der Waals surface area contributed by atoms with Crippen molar-refractivity contribution in [1.82, 2.24) is 4.90 Å². The third-order valence-corrected chi connectivity index (χ3v) is 6.62. The minimum Gasteiger partial charge on any atom is -0.459 e. The fraction of sp³-hybridized carbons (Fsp3) is 0.885. The highest BCUT2D eigenvalue weighted by atomic mass is 16.6. The SMILES string of the molecule is CC.CC[C@H]1OC(=O)C(C)C(=O)CCC(OC)C[C@@H](C)/C(=N\OCCN(C)C)C(C)C(O)[C@]1(C)O. The van der Waals surface area contributed by atoms with Gasteiger partial charge in [-0.2, -0.15) is 0 Å². The molecule has 9 heteroatoms. The number of oxime groups is 1. The number of esters is 1. The monoisotopic (exact) mass is 502 g/mol. The molecule has 0 aliphatic carbocycles.